The van der Waals surface area contributed by atoms with Crippen LogP contribution in [0.5, 0.6) is 0 Å². The van der Waals surface area contributed by atoms with Gasteiger partial charge in [-0.15, -0.1) is 11.3 Å². The van der Waals surface area contributed by atoms with Gasteiger partial charge in [-0.3, -0.25) is 4.79 Å². The molecule has 3 aromatic rings. The van der Waals surface area contributed by atoms with Gasteiger partial charge in [-0.05, 0) is 44.7 Å². The summed E-state index contributed by atoms with van der Waals surface area (Å²) in [5.41, 5.74) is 3.65. The summed E-state index contributed by atoms with van der Waals surface area (Å²) in [5, 5.41) is 4.28. The number of thiophene rings is 1. The van der Waals surface area contributed by atoms with Gasteiger partial charge in [-0.25, -0.2) is 9.97 Å². The largest absolute Gasteiger partial charge is 0.356 e. The van der Waals surface area contributed by atoms with Crippen molar-refractivity contribution < 1.29 is 4.79 Å². The molecule has 0 saturated carbocycles. The van der Waals surface area contributed by atoms with E-state index in [-0.39, 0.29) is 11.8 Å². The van der Waals surface area contributed by atoms with E-state index in [0.29, 0.717) is 6.54 Å². The number of fused-ring (bicyclic) bond motifs is 1. The molecule has 5 nitrogen and oxygen atoms in total. The van der Waals surface area contributed by atoms with Crippen molar-refractivity contribution in [2.45, 2.75) is 40.2 Å². The van der Waals surface area contributed by atoms with Crippen LogP contribution in [-0.2, 0) is 11.3 Å². The number of benzene rings is 1. The van der Waals surface area contributed by atoms with E-state index < -0.39 is 0 Å². The Kier molecular flexibility index (Phi) is 5.31. The molecule has 0 radical (unpaired) electrons. The van der Waals surface area contributed by atoms with Crippen LogP contribution in [0.25, 0.3) is 10.2 Å². The molecule has 0 aliphatic carbocycles. The smallest absolute Gasteiger partial charge is 0.223 e. The van der Waals surface area contributed by atoms with E-state index in [9.17, 15) is 4.79 Å². The van der Waals surface area contributed by atoms with Gasteiger partial charge in [0.15, 0.2) is 0 Å². The minimum atomic E-state index is 0.0735. The Hall–Kier alpha value is -2.47. The summed E-state index contributed by atoms with van der Waals surface area (Å²) in [5.74, 6) is 1.25. The van der Waals surface area contributed by atoms with Crippen LogP contribution in [0.4, 0.5) is 5.82 Å². The van der Waals surface area contributed by atoms with E-state index in [0.717, 1.165) is 42.1 Å². The van der Waals surface area contributed by atoms with E-state index in [2.05, 4.69) is 65.2 Å². The Balaban J connectivity index is 1.38. The predicted molar refractivity (Wildman–Crippen MR) is 115 cm³/mol. The van der Waals surface area contributed by atoms with Gasteiger partial charge in [0.25, 0.3) is 0 Å². The molecule has 0 unspecified atom stereocenters. The number of anilines is 1. The highest BCUT2D eigenvalue weighted by Gasteiger charge is 2.27. The first-order valence-electron chi connectivity index (χ1n) is 9.82. The van der Waals surface area contributed by atoms with Crippen molar-refractivity contribution in [3.63, 3.8) is 0 Å². The number of nitrogens with zero attached hydrogens (tertiary/aromatic N) is 3. The van der Waals surface area contributed by atoms with Crippen LogP contribution in [0.15, 0.2) is 30.6 Å². The second kappa shape index (κ2) is 7.87. The van der Waals surface area contributed by atoms with Crippen molar-refractivity contribution in [2.24, 2.45) is 5.92 Å². The number of hydrogen-bond acceptors (Lipinski definition) is 5. The molecule has 1 aliphatic rings. The SMILES string of the molecule is Cc1ccc(CNC(=O)C2CCN(c3ncnc4sc(C)c(C)c34)CC2)cc1. The molecule has 28 heavy (non-hydrogen) atoms. The van der Waals surface area contributed by atoms with Gasteiger partial charge in [-0.1, -0.05) is 29.8 Å². The van der Waals surface area contributed by atoms with Gasteiger partial charge in [0.05, 0.1) is 5.39 Å². The first-order valence-corrected chi connectivity index (χ1v) is 10.6. The average molecular weight is 395 g/mol. The third kappa shape index (κ3) is 3.74. The number of aryl methyl sites for hydroxylation is 3. The van der Waals surface area contributed by atoms with E-state index in [1.165, 1.54) is 21.4 Å². The van der Waals surface area contributed by atoms with Crippen molar-refractivity contribution in [1.82, 2.24) is 15.3 Å². The molecule has 1 aromatic carbocycles. The van der Waals surface area contributed by atoms with Gasteiger partial charge in [0.1, 0.15) is 17.0 Å². The maximum Gasteiger partial charge on any atom is 0.223 e. The van der Waals surface area contributed by atoms with Crippen molar-refractivity contribution in [3.05, 3.63) is 52.2 Å². The maximum atomic E-state index is 12.6. The number of nitrogens with one attached hydrogen (secondary N) is 1. The quantitative estimate of drug-likeness (QED) is 0.722. The Morgan fingerprint density at radius 1 is 1.14 bits per heavy atom. The molecule has 0 bridgehead atoms. The third-order valence-corrected chi connectivity index (χ3v) is 6.81. The van der Waals surface area contributed by atoms with E-state index in [1.54, 1.807) is 17.7 Å². The number of piperidine rings is 1. The van der Waals surface area contributed by atoms with Crippen LogP contribution < -0.4 is 10.2 Å². The van der Waals surface area contributed by atoms with Crippen LogP contribution >= 0.6 is 11.3 Å². The zero-order valence-electron chi connectivity index (χ0n) is 16.7. The number of hydrogen-bond donors (Lipinski definition) is 1. The minimum Gasteiger partial charge on any atom is -0.356 e. The lowest BCUT2D eigenvalue weighted by Crippen LogP contribution is -2.40. The number of amides is 1. The molecule has 1 aliphatic heterocycles. The van der Waals surface area contributed by atoms with E-state index in [1.807, 2.05) is 0 Å². The van der Waals surface area contributed by atoms with Gasteiger partial charge >= 0.3 is 0 Å². The zero-order valence-corrected chi connectivity index (χ0v) is 17.5. The molecule has 1 amide bonds. The molecule has 1 fully saturated rings. The van der Waals surface area contributed by atoms with Crippen molar-refractivity contribution >= 4 is 33.3 Å². The second-order valence-corrected chi connectivity index (χ2v) is 8.83. The van der Waals surface area contributed by atoms with Crippen LogP contribution in [-0.4, -0.2) is 29.0 Å². The molecule has 1 N–H and O–H groups in total. The Morgan fingerprint density at radius 2 is 1.86 bits per heavy atom. The van der Waals surface area contributed by atoms with E-state index >= 15 is 0 Å². The summed E-state index contributed by atoms with van der Waals surface area (Å²) < 4.78 is 0. The third-order valence-electron chi connectivity index (χ3n) is 5.70. The highest BCUT2D eigenvalue weighted by atomic mass is 32.1. The summed E-state index contributed by atoms with van der Waals surface area (Å²) in [6.45, 7) is 8.65. The van der Waals surface area contributed by atoms with Crippen LogP contribution in [0.1, 0.15) is 34.4 Å². The lowest BCUT2D eigenvalue weighted by atomic mass is 9.95. The predicted octanol–water partition coefficient (Wildman–Crippen LogP) is 4.15. The van der Waals surface area contributed by atoms with Crippen molar-refractivity contribution in [1.29, 1.82) is 0 Å². The molecule has 6 heteroatoms. The zero-order chi connectivity index (χ0) is 19.7. The summed E-state index contributed by atoms with van der Waals surface area (Å²) in [6.07, 6.45) is 3.37. The van der Waals surface area contributed by atoms with Crippen LogP contribution in [0.3, 0.4) is 0 Å². The number of carbonyl (C=O) groups excluding carboxylic acids is 1. The monoisotopic (exact) mass is 394 g/mol. The summed E-state index contributed by atoms with van der Waals surface area (Å²) in [6, 6.07) is 8.31. The fraction of sp³-hybridized carbons (Fsp3) is 0.409. The summed E-state index contributed by atoms with van der Waals surface area (Å²) >= 11 is 1.73. The standard InChI is InChI=1S/C22H26N4OS/c1-14-4-6-17(7-5-14)12-23-21(27)18-8-10-26(11-9-18)20-19-15(2)16(3)28-22(19)25-13-24-20/h4-7,13,18H,8-12H2,1-3H3,(H,23,27). The molecule has 0 atom stereocenters. The molecule has 1 saturated heterocycles. The molecule has 4 rings (SSSR count). The summed E-state index contributed by atoms with van der Waals surface area (Å²) in [4.78, 5) is 26.3. The molecule has 0 spiro atoms. The number of carbonyl (C=O) groups is 1. The Bertz CT molecular complexity index is 988. The van der Waals surface area contributed by atoms with Gasteiger partial charge in [0, 0.05) is 30.4 Å². The van der Waals surface area contributed by atoms with Gasteiger partial charge < -0.3 is 10.2 Å². The fourth-order valence-corrected chi connectivity index (χ4v) is 4.79. The maximum absolute atomic E-state index is 12.6. The number of aromatic nitrogens is 2. The van der Waals surface area contributed by atoms with Gasteiger partial charge in [0.2, 0.25) is 5.91 Å². The van der Waals surface area contributed by atoms with Crippen molar-refractivity contribution in [3.8, 4) is 0 Å². The first-order chi connectivity index (χ1) is 13.5. The molecule has 146 valence electrons. The van der Waals surface area contributed by atoms with E-state index in [4.69, 9.17) is 0 Å². The fourth-order valence-electron chi connectivity index (χ4n) is 3.80. The normalized spacial score (nSPS) is 15.2. The highest BCUT2D eigenvalue weighted by molar-refractivity contribution is 7.18. The topological polar surface area (TPSA) is 58.1 Å². The van der Waals surface area contributed by atoms with Crippen LogP contribution in [0, 0.1) is 26.7 Å². The average Bonchev–Trinajstić information content (AvgIpc) is 3.01. The lowest BCUT2D eigenvalue weighted by molar-refractivity contribution is -0.125. The molecular formula is C22H26N4OS. The highest BCUT2D eigenvalue weighted by Crippen LogP contribution is 2.35. The summed E-state index contributed by atoms with van der Waals surface area (Å²) in [7, 11) is 0. The Morgan fingerprint density at radius 3 is 2.57 bits per heavy atom. The van der Waals surface area contributed by atoms with Crippen molar-refractivity contribution in [2.75, 3.05) is 18.0 Å². The lowest BCUT2D eigenvalue weighted by Gasteiger charge is -2.32. The first kappa shape index (κ1) is 18.9. The number of rotatable bonds is 4. The molecule has 2 aromatic heterocycles. The minimum absolute atomic E-state index is 0.0735. The second-order valence-electron chi connectivity index (χ2n) is 7.63. The molecule has 3 heterocycles. The Labute approximate surface area is 169 Å². The van der Waals surface area contributed by atoms with Gasteiger partial charge in [-0.2, -0.15) is 0 Å². The van der Waals surface area contributed by atoms with Crippen LogP contribution in [0.2, 0.25) is 0 Å². The molecular weight excluding hydrogens is 368 g/mol.